The molecule has 0 saturated carbocycles. The van der Waals surface area contributed by atoms with E-state index in [4.69, 9.17) is 4.74 Å². The predicted molar refractivity (Wildman–Crippen MR) is 112 cm³/mol. The molecular weight excluding hydrogens is 370 g/mol. The quantitative estimate of drug-likeness (QED) is 0.515. The number of hydrogen-bond acceptors (Lipinski definition) is 4. The first-order chi connectivity index (χ1) is 13.7. The molecule has 4 rings (SSSR count). The number of thiophene rings is 1. The van der Waals surface area contributed by atoms with Gasteiger partial charge in [-0.25, -0.2) is 0 Å². The second kappa shape index (κ2) is 8.27. The van der Waals surface area contributed by atoms with Crippen LogP contribution >= 0.6 is 11.3 Å². The second-order valence-electron chi connectivity index (χ2n) is 6.46. The Bertz CT molecular complexity index is 1090. The van der Waals surface area contributed by atoms with E-state index in [2.05, 4.69) is 26.3 Å². The fraction of sp³-hybridized carbons (Fsp3) is 0.182. The molecule has 0 saturated heterocycles. The van der Waals surface area contributed by atoms with Crippen LogP contribution in [0.5, 0.6) is 5.75 Å². The molecule has 1 amide bonds. The maximum Gasteiger partial charge on any atom is 0.267 e. The summed E-state index contributed by atoms with van der Waals surface area (Å²) in [5, 5.41) is 5.08. The SMILES string of the molecule is COc1cccc(Cn2c(C(=O)NCCc3ccccn3)cc3sccc32)c1. The van der Waals surface area contributed by atoms with E-state index in [1.54, 1.807) is 24.6 Å². The average Bonchev–Trinajstić information content (AvgIpc) is 3.32. The normalized spacial score (nSPS) is 10.9. The predicted octanol–water partition coefficient (Wildman–Crippen LogP) is 4.13. The number of methoxy groups -OCH3 is 1. The van der Waals surface area contributed by atoms with Crippen LogP contribution in [0.4, 0.5) is 0 Å². The zero-order valence-electron chi connectivity index (χ0n) is 15.6. The largest absolute Gasteiger partial charge is 0.497 e. The number of benzene rings is 1. The summed E-state index contributed by atoms with van der Waals surface area (Å²) in [4.78, 5) is 17.2. The zero-order chi connectivity index (χ0) is 19.3. The minimum absolute atomic E-state index is 0.0674. The second-order valence-corrected chi connectivity index (χ2v) is 7.41. The zero-order valence-corrected chi connectivity index (χ0v) is 16.4. The van der Waals surface area contributed by atoms with E-state index >= 15 is 0 Å². The number of nitrogens with zero attached hydrogens (tertiary/aromatic N) is 2. The van der Waals surface area contributed by atoms with Crippen molar-refractivity contribution in [3.05, 3.63) is 83.1 Å². The van der Waals surface area contributed by atoms with Gasteiger partial charge in [0.05, 0.1) is 17.3 Å². The maximum atomic E-state index is 12.9. The highest BCUT2D eigenvalue weighted by atomic mass is 32.1. The lowest BCUT2D eigenvalue weighted by atomic mass is 10.2. The molecule has 142 valence electrons. The molecule has 1 aromatic carbocycles. The van der Waals surface area contributed by atoms with Gasteiger partial charge in [0, 0.05) is 31.4 Å². The first-order valence-corrected chi connectivity index (χ1v) is 10.0. The first-order valence-electron chi connectivity index (χ1n) is 9.12. The molecule has 0 aliphatic heterocycles. The molecule has 6 heteroatoms. The Kier molecular flexibility index (Phi) is 5.39. The van der Waals surface area contributed by atoms with E-state index in [0.717, 1.165) is 27.2 Å². The number of amides is 1. The van der Waals surface area contributed by atoms with Crippen LogP contribution in [-0.4, -0.2) is 29.1 Å². The Balaban J connectivity index is 1.54. The van der Waals surface area contributed by atoms with Crippen LogP contribution in [0.3, 0.4) is 0 Å². The van der Waals surface area contributed by atoms with E-state index in [0.29, 0.717) is 25.2 Å². The number of aromatic nitrogens is 2. The third-order valence-corrected chi connectivity index (χ3v) is 5.48. The molecule has 0 bridgehead atoms. The highest BCUT2D eigenvalue weighted by Gasteiger charge is 2.16. The molecular formula is C22H21N3O2S. The third-order valence-electron chi connectivity index (χ3n) is 4.62. The topological polar surface area (TPSA) is 56.1 Å². The monoisotopic (exact) mass is 391 g/mol. The molecule has 0 atom stereocenters. The van der Waals surface area contributed by atoms with Gasteiger partial charge in [-0.15, -0.1) is 11.3 Å². The summed E-state index contributed by atoms with van der Waals surface area (Å²) in [5.41, 5.74) is 3.80. The van der Waals surface area contributed by atoms with Gasteiger partial charge < -0.3 is 14.6 Å². The lowest BCUT2D eigenvalue weighted by Gasteiger charge is -2.12. The highest BCUT2D eigenvalue weighted by Crippen LogP contribution is 2.27. The molecule has 0 aliphatic rings. The maximum absolute atomic E-state index is 12.9. The molecule has 5 nitrogen and oxygen atoms in total. The lowest BCUT2D eigenvalue weighted by Crippen LogP contribution is -2.28. The molecule has 3 aromatic heterocycles. The minimum atomic E-state index is -0.0674. The van der Waals surface area contributed by atoms with E-state index in [1.165, 1.54) is 0 Å². The number of fused-ring (bicyclic) bond motifs is 1. The van der Waals surface area contributed by atoms with Crippen LogP contribution in [-0.2, 0) is 13.0 Å². The summed E-state index contributed by atoms with van der Waals surface area (Å²) in [6.45, 7) is 1.16. The molecule has 1 N–H and O–H groups in total. The Hall–Kier alpha value is -3.12. The Morgan fingerprint density at radius 1 is 1.18 bits per heavy atom. The van der Waals surface area contributed by atoms with Crippen molar-refractivity contribution in [1.29, 1.82) is 0 Å². The van der Waals surface area contributed by atoms with Crippen LogP contribution in [0.25, 0.3) is 10.2 Å². The highest BCUT2D eigenvalue weighted by molar-refractivity contribution is 7.17. The van der Waals surface area contributed by atoms with Crippen molar-refractivity contribution in [2.75, 3.05) is 13.7 Å². The number of nitrogens with one attached hydrogen (secondary N) is 1. The molecule has 0 unspecified atom stereocenters. The summed E-state index contributed by atoms with van der Waals surface area (Å²) in [5.74, 6) is 0.745. The van der Waals surface area contributed by atoms with Crippen LogP contribution in [0.15, 0.2) is 66.2 Å². The summed E-state index contributed by atoms with van der Waals surface area (Å²) in [6, 6.07) is 17.8. The third kappa shape index (κ3) is 3.92. The van der Waals surface area contributed by atoms with Crippen molar-refractivity contribution < 1.29 is 9.53 Å². The molecule has 28 heavy (non-hydrogen) atoms. The summed E-state index contributed by atoms with van der Waals surface area (Å²) in [7, 11) is 1.66. The summed E-state index contributed by atoms with van der Waals surface area (Å²) in [6.07, 6.45) is 2.47. The van der Waals surface area contributed by atoms with E-state index in [-0.39, 0.29) is 5.91 Å². The van der Waals surface area contributed by atoms with Gasteiger partial charge in [-0.1, -0.05) is 18.2 Å². The van der Waals surface area contributed by atoms with Crippen molar-refractivity contribution >= 4 is 27.5 Å². The van der Waals surface area contributed by atoms with Crippen molar-refractivity contribution in [2.45, 2.75) is 13.0 Å². The van der Waals surface area contributed by atoms with E-state index in [9.17, 15) is 4.79 Å². The van der Waals surface area contributed by atoms with Gasteiger partial charge in [0.1, 0.15) is 11.4 Å². The van der Waals surface area contributed by atoms with Crippen molar-refractivity contribution in [3.63, 3.8) is 0 Å². The number of carbonyl (C=O) groups is 1. The van der Waals surface area contributed by atoms with Crippen LogP contribution in [0.2, 0.25) is 0 Å². The van der Waals surface area contributed by atoms with Gasteiger partial charge in [0.25, 0.3) is 5.91 Å². The number of hydrogen-bond donors (Lipinski definition) is 1. The number of carbonyl (C=O) groups excluding carboxylic acids is 1. The van der Waals surface area contributed by atoms with Gasteiger partial charge in [0.15, 0.2) is 0 Å². The van der Waals surface area contributed by atoms with Gasteiger partial charge >= 0.3 is 0 Å². The Morgan fingerprint density at radius 2 is 2.11 bits per heavy atom. The summed E-state index contributed by atoms with van der Waals surface area (Å²) >= 11 is 1.64. The Labute approximate surface area is 167 Å². The van der Waals surface area contributed by atoms with E-state index < -0.39 is 0 Å². The molecule has 4 aromatic rings. The number of rotatable bonds is 7. The van der Waals surface area contributed by atoms with Crippen molar-refractivity contribution in [3.8, 4) is 5.75 Å². The van der Waals surface area contributed by atoms with Gasteiger partial charge in [-0.2, -0.15) is 0 Å². The minimum Gasteiger partial charge on any atom is -0.497 e. The van der Waals surface area contributed by atoms with Crippen LogP contribution < -0.4 is 10.1 Å². The van der Waals surface area contributed by atoms with Crippen molar-refractivity contribution in [1.82, 2.24) is 14.9 Å². The lowest BCUT2D eigenvalue weighted by molar-refractivity contribution is 0.0945. The van der Waals surface area contributed by atoms with Gasteiger partial charge in [0.2, 0.25) is 0 Å². The standard InChI is InChI=1S/C22H21N3O2S/c1-27-18-7-4-5-16(13-18)15-25-19-9-12-28-21(19)14-20(25)22(26)24-11-8-17-6-2-3-10-23-17/h2-7,9-10,12-14H,8,11,15H2,1H3,(H,24,26). The number of ether oxygens (including phenoxy) is 1. The summed E-state index contributed by atoms with van der Waals surface area (Å²) < 4.78 is 8.50. The van der Waals surface area contributed by atoms with Crippen molar-refractivity contribution in [2.24, 2.45) is 0 Å². The molecule has 0 fully saturated rings. The van der Waals surface area contributed by atoms with Gasteiger partial charge in [-0.3, -0.25) is 9.78 Å². The van der Waals surface area contributed by atoms with Crippen LogP contribution in [0.1, 0.15) is 21.7 Å². The fourth-order valence-corrected chi connectivity index (χ4v) is 4.05. The smallest absolute Gasteiger partial charge is 0.267 e. The Morgan fingerprint density at radius 3 is 2.93 bits per heavy atom. The molecule has 0 aliphatic carbocycles. The average molecular weight is 391 g/mol. The van der Waals surface area contributed by atoms with Gasteiger partial charge in [-0.05, 0) is 47.3 Å². The number of pyridine rings is 1. The molecule has 0 radical (unpaired) electrons. The fourth-order valence-electron chi connectivity index (χ4n) is 3.23. The molecule has 3 heterocycles. The van der Waals surface area contributed by atoms with Crippen LogP contribution in [0, 0.1) is 0 Å². The first kappa shape index (κ1) is 18.3. The molecule has 0 spiro atoms. The van der Waals surface area contributed by atoms with E-state index in [1.807, 2.05) is 48.5 Å².